The van der Waals surface area contributed by atoms with E-state index in [1.165, 1.54) is 31.4 Å². The van der Waals surface area contributed by atoms with Crippen molar-refractivity contribution in [2.75, 3.05) is 10.7 Å². The van der Waals surface area contributed by atoms with Gasteiger partial charge < -0.3 is 15.4 Å². The maximum absolute atomic E-state index is 6.70. The number of nitrogens with two attached hydrogens (primary N) is 1. The first kappa shape index (κ1) is 17.1. The summed E-state index contributed by atoms with van der Waals surface area (Å²) in [5.41, 5.74) is 7.60. The highest BCUT2D eigenvalue weighted by Crippen LogP contribution is 2.53. The summed E-state index contributed by atoms with van der Waals surface area (Å²) in [5, 5.41) is 1.05. The lowest BCUT2D eigenvalue weighted by atomic mass is 9.79. The molecule has 2 bridgehead atoms. The van der Waals surface area contributed by atoms with Crippen molar-refractivity contribution in [1.82, 2.24) is 9.97 Å². The van der Waals surface area contributed by atoms with Crippen molar-refractivity contribution in [3.05, 3.63) is 42.2 Å². The van der Waals surface area contributed by atoms with Crippen LogP contribution in [0.3, 0.4) is 0 Å². The van der Waals surface area contributed by atoms with Crippen LogP contribution in [0.4, 0.5) is 5.82 Å². The van der Waals surface area contributed by atoms with E-state index < -0.39 is 0 Å². The molecule has 2 unspecified atom stereocenters. The molecule has 0 amide bonds. The van der Waals surface area contributed by atoms with Crippen LogP contribution in [0.1, 0.15) is 50.1 Å². The molecule has 28 heavy (non-hydrogen) atoms. The molecule has 1 spiro atoms. The average molecular weight is 395 g/mol. The van der Waals surface area contributed by atoms with Gasteiger partial charge in [-0.3, -0.25) is 0 Å². The summed E-state index contributed by atoms with van der Waals surface area (Å²) in [7, 11) is 0. The zero-order valence-corrected chi connectivity index (χ0v) is 16.8. The minimum Gasteiger partial charge on any atom is -0.485 e. The highest BCUT2D eigenvalue weighted by Gasteiger charge is 2.56. The van der Waals surface area contributed by atoms with Gasteiger partial charge in [0.1, 0.15) is 22.2 Å². The third kappa shape index (κ3) is 2.72. The second kappa shape index (κ2) is 6.36. The van der Waals surface area contributed by atoms with Crippen LogP contribution in [-0.4, -0.2) is 33.4 Å². The van der Waals surface area contributed by atoms with E-state index in [-0.39, 0.29) is 11.6 Å². The molecule has 1 aromatic carbocycles. The van der Waals surface area contributed by atoms with Gasteiger partial charge in [-0.2, -0.15) is 0 Å². The standard InChI is InChI=1S/C22H26N4OS/c23-21-17-3-1-2-4-18(17)27-22(21)9-15-7-8-16(10-22)26(15)19-11-25-20(12-24-19)28-13-14-5-6-14/h1-4,11-12,14-16,21H,5-10,13,23H2/t15-,16?,21+,22?/m0/s1. The van der Waals surface area contributed by atoms with Gasteiger partial charge in [-0.1, -0.05) is 18.2 Å². The number of anilines is 1. The predicted octanol–water partition coefficient (Wildman–Crippen LogP) is 3.94. The summed E-state index contributed by atoms with van der Waals surface area (Å²) in [6, 6.07) is 9.09. The van der Waals surface area contributed by atoms with Crippen molar-refractivity contribution in [1.29, 1.82) is 0 Å². The molecule has 2 N–H and O–H groups in total. The van der Waals surface area contributed by atoms with E-state index in [4.69, 9.17) is 15.5 Å². The first-order valence-electron chi connectivity index (χ1n) is 10.5. The van der Waals surface area contributed by atoms with Gasteiger partial charge in [0.15, 0.2) is 0 Å². The molecule has 2 saturated heterocycles. The molecule has 3 aliphatic heterocycles. The Morgan fingerprint density at radius 1 is 1.07 bits per heavy atom. The Bertz CT molecular complexity index is 870. The largest absolute Gasteiger partial charge is 0.485 e. The summed E-state index contributed by atoms with van der Waals surface area (Å²) in [5.74, 6) is 4.07. The fraction of sp³-hybridized carbons (Fsp3) is 0.545. The number of hydrogen-bond acceptors (Lipinski definition) is 6. The normalized spacial score (nSPS) is 33.2. The Morgan fingerprint density at radius 3 is 2.54 bits per heavy atom. The van der Waals surface area contributed by atoms with Gasteiger partial charge >= 0.3 is 0 Å². The molecule has 4 aliphatic rings. The second-order valence-corrected chi connectivity index (χ2v) is 9.89. The summed E-state index contributed by atoms with van der Waals surface area (Å²) in [6.07, 6.45) is 11.0. The Labute approximate surface area is 170 Å². The van der Waals surface area contributed by atoms with E-state index in [1.807, 2.05) is 30.2 Å². The van der Waals surface area contributed by atoms with Crippen molar-refractivity contribution >= 4 is 17.6 Å². The van der Waals surface area contributed by atoms with Crippen molar-refractivity contribution in [2.45, 2.75) is 67.3 Å². The van der Waals surface area contributed by atoms with E-state index in [0.29, 0.717) is 12.1 Å². The van der Waals surface area contributed by atoms with E-state index in [1.54, 1.807) is 0 Å². The molecule has 0 radical (unpaired) electrons. The van der Waals surface area contributed by atoms with Crippen molar-refractivity contribution in [2.24, 2.45) is 11.7 Å². The first-order valence-corrected chi connectivity index (χ1v) is 11.5. The number of ether oxygens (including phenoxy) is 1. The molecule has 6 heteroatoms. The van der Waals surface area contributed by atoms with Gasteiger partial charge in [0.25, 0.3) is 0 Å². The summed E-state index contributed by atoms with van der Waals surface area (Å²) < 4.78 is 6.50. The summed E-state index contributed by atoms with van der Waals surface area (Å²) in [6.45, 7) is 0. The molecule has 4 heterocycles. The Balaban J connectivity index is 1.21. The van der Waals surface area contributed by atoms with Gasteiger partial charge in [-0.25, -0.2) is 9.97 Å². The number of para-hydroxylation sites is 1. The van der Waals surface area contributed by atoms with Gasteiger partial charge in [0, 0.05) is 36.2 Å². The lowest BCUT2D eigenvalue weighted by Gasteiger charge is -2.46. The lowest BCUT2D eigenvalue weighted by molar-refractivity contribution is 0.0272. The number of fused-ring (bicyclic) bond motifs is 3. The number of thioether (sulfide) groups is 1. The van der Waals surface area contributed by atoms with Gasteiger partial charge in [0.05, 0.1) is 18.4 Å². The van der Waals surface area contributed by atoms with Crippen LogP contribution in [0.2, 0.25) is 0 Å². The Hall–Kier alpha value is -1.79. The van der Waals surface area contributed by atoms with Gasteiger partial charge in [-0.05, 0) is 37.7 Å². The van der Waals surface area contributed by atoms with Crippen LogP contribution in [0.15, 0.2) is 41.7 Å². The fourth-order valence-electron chi connectivity index (χ4n) is 5.36. The predicted molar refractivity (Wildman–Crippen MR) is 111 cm³/mol. The third-order valence-corrected chi connectivity index (χ3v) is 8.10. The summed E-state index contributed by atoms with van der Waals surface area (Å²) in [4.78, 5) is 12.0. The smallest absolute Gasteiger partial charge is 0.147 e. The highest BCUT2D eigenvalue weighted by atomic mass is 32.2. The van der Waals surface area contributed by atoms with E-state index >= 15 is 0 Å². The van der Waals surface area contributed by atoms with E-state index in [2.05, 4.69) is 28.1 Å². The first-order chi connectivity index (χ1) is 13.7. The molecule has 1 aliphatic carbocycles. The quantitative estimate of drug-likeness (QED) is 0.793. The van der Waals surface area contributed by atoms with Crippen molar-refractivity contribution in [3.63, 3.8) is 0 Å². The number of hydrogen-bond donors (Lipinski definition) is 1. The molecule has 1 saturated carbocycles. The minimum absolute atomic E-state index is 0.0405. The topological polar surface area (TPSA) is 64.3 Å². The van der Waals surface area contributed by atoms with Crippen molar-refractivity contribution < 1.29 is 4.74 Å². The molecule has 4 atom stereocenters. The molecular formula is C22H26N4OS. The van der Waals surface area contributed by atoms with Crippen LogP contribution >= 0.6 is 11.8 Å². The molecule has 3 fully saturated rings. The molecule has 1 aromatic heterocycles. The maximum atomic E-state index is 6.70. The third-order valence-electron chi connectivity index (χ3n) is 6.96. The maximum Gasteiger partial charge on any atom is 0.147 e. The number of nitrogens with zero attached hydrogens (tertiary/aromatic N) is 3. The number of aromatic nitrogens is 2. The van der Waals surface area contributed by atoms with Gasteiger partial charge in [-0.15, -0.1) is 11.8 Å². The van der Waals surface area contributed by atoms with Gasteiger partial charge in [0.2, 0.25) is 0 Å². The SMILES string of the molecule is N[C@@H]1c2ccccc2OC12CC1CC[C@@H](C2)N1c1cnc(SCC2CC2)cn1. The zero-order valence-electron chi connectivity index (χ0n) is 16.0. The molecule has 146 valence electrons. The highest BCUT2D eigenvalue weighted by molar-refractivity contribution is 7.99. The molecule has 6 rings (SSSR count). The summed E-state index contributed by atoms with van der Waals surface area (Å²) >= 11 is 1.84. The van der Waals surface area contributed by atoms with Crippen LogP contribution < -0.4 is 15.4 Å². The fourth-order valence-corrected chi connectivity index (χ4v) is 6.35. The van der Waals surface area contributed by atoms with Crippen molar-refractivity contribution in [3.8, 4) is 5.75 Å². The lowest BCUT2D eigenvalue weighted by Crippen LogP contribution is -2.56. The Morgan fingerprint density at radius 2 is 1.86 bits per heavy atom. The second-order valence-electron chi connectivity index (χ2n) is 8.85. The molecule has 5 nitrogen and oxygen atoms in total. The van der Waals surface area contributed by atoms with Crippen LogP contribution in [0, 0.1) is 5.92 Å². The number of benzene rings is 1. The number of rotatable bonds is 4. The monoisotopic (exact) mass is 394 g/mol. The minimum atomic E-state index is -0.264. The van der Waals surface area contributed by atoms with Crippen LogP contribution in [-0.2, 0) is 0 Å². The van der Waals surface area contributed by atoms with E-state index in [0.717, 1.165) is 40.9 Å². The number of piperidine rings is 1. The zero-order chi connectivity index (χ0) is 18.7. The Kier molecular flexibility index (Phi) is 3.88. The molecule has 2 aromatic rings. The van der Waals surface area contributed by atoms with E-state index in [9.17, 15) is 0 Å². The van der Waals surface area contributed by atoms with Crippen LogP contribution in [0.25, 0.3) is 0 Å². The molecular weight excluding hydrogens is 368 g/mol. The average Bonchev–Trinajstić information content (AvgIpc) is 3.46. The van der Waals surface area contributed by atoms with Crippen LogP contribution in [0.5, 0.6) is 5.75 Å².